The van der Waals surface area contributed by atoms with E-state index in [1.165, 1.54) is 12.8 Å². The van der Waals surface area contributed by atoms with Crippen LogP contribution < -0.4 is 10.6 Å². The molecule has 1 aliphatic heterocycles. The molecular formula is C23H42IN5O3. The zero-order chi connectivity index (χ0) is 22.4. The zero-order valence-electron chi connectivity index (χ0n) is 20.2. The summed E-state index contributed by atoms with van der Waals surface area (Å²) >= 11 is 0. The fourth-order valence-electron chi connectivity index (χ4n) is 3.97. The second kappa shape index (κ2) is 12.3. The number of aliphatic imine (C=N–C) groups is 1. The smallest absolute Gasteiger partial charge is 0.410 e. The molecule has 1 heterocycles. The minimum Gasteiger partial charge on any atom is -0.444 e. The van der Waals surface area contributed by atoms with Crippen LogP contribution in [-0.4, -0.2) is 78.7 Å². The Morgan fingerprint density at radius 3 is 2.28 bits per heavy atom. The first-order valence-corrected chi connectivity index (χ1v) is 12.0. The second-order valence-electron chi connectivity index (χ2n) is 10.2. The molecule has 3 rings (SSSR count). The molecule has 0 bridgehead atoms. The predicted octanol–water partition coefficient (Wildman–Crippen LogP) is 3.35. The number of nitrogens with zero attached hydrogens (tertiary/aromatic N) is 3. The maximum absolute atomic E-state index is 12.8. The average Bonchev–Trinajstić information content (AvgIpc) is 3.61. The Kier molecular flexibility index (Phi) is 10.4. The molecule has 3 aliphatic rings. The highest BCUT2D eigenvalue weighted by molar-refractivity contribution is 14.0. The van der Waals surface area contributed by atoms with Crippen molar-refractivity contribution in [2.24, 2.45) is 10.9 Å². The van der Waals surface area contributed by atoms with Crippen LogP contribution in [0.5, 0.6) is 0 Å². The first-order valence-electron chi connectivity index (χ1n) is 12.0. The Bertz CT molecular complexity index is 651. The number of nitrogens with one attached hydrogen (secondary N) is 2. The van der Waals surface area contributed by atoms with Gasteiger partial charge >= 0.3 is 6.09 Å². The van der Waals surface area contributed by atoms with E-state index < -0.39 is 5.60 Å². The Hall–Kier alpha value is -1.26. The Labute approximate surface area is 210 Å². The summed E-state index contributed by atoms with van der Waals surface area (Å²) in [6.07, 6.45) is 7.67. The lowest BCUT2D eigenvalue weighted by Gasteiger charge is -2.40. The van der Waals surface area contributed by atoms with Gasteiger partial charge in [0.2, 0.25) is 5.91 Å². The monoisotopic (exact) mass is 563 g/mol. The third-order valence-electron chi connectivity index (χ3n) is 6.00. The molecule has 32 heavy (non-hydrogen) atoms. The topological polar surface area (TPSA) is 86.3 Å². The van der Waals surface area contributed by atoms with E-state index in [1.54, 1.807) is 7.05 Å². The van der Waals surface area contributed by atoms with Crippen LogP contribution in [0.3, 0.4) is 0 Å². The van der Waals surface area contributed by atoms with Gasteiger partial charge in [0.05, 0.1) is 0 Å². The van der Waals surface area contributed by atoms with Gasteiger partial charge in [-0.2, -0.15) is 0 Å². The van der Waals surface area contributed by atoms with Crippen LogP contribution in [-0.2, 0) is 9.53 Å². The molecule has 2 aliphatic carbocycles. The molecule has 0 unspecified atom stereocenters. The lowest BCUT2D eigenvalue weighted by Crippen LogP contribution is -2.52. The van der Waals surface area contributed by atoms with Crippen LogP contribution in [0.15, 0.2) is 4.99 Å². The summed E-state index contributed by atoms with van der Waals surface area (Å²) in [4.78, 5) is 33.3. The summed E-state index contributed by atoms with van der Waals surface area (Å²) < 4.78 is 5.69. The molecule has 0 aromatic rings. The third-order valence-corrected chi connectivity index (χ3v) is 6.00. The summed E-state index contributed by atoms with van der Waals surface area (Å²) in [6.45, 7) is 9.04. The quantitative estimate of drug-likeness (QED) is 0.205. The van der Waals surface area contributed by atoms with Crippen molar-refractivity contribution >= 4 is 41.9 Å². The summed E-state index contributed by atoms with van der Waals surface area (Å²) in [5, 5.41) is 6.42. The van der Waals surface area contributed by atoms with Crippen molar-refractivity contribution in [1.29, 1.82) is 0 Å². The van der Waals surface area contributed by atoms with Gasteiger partial charge in [-0.3, -0.25) is 9.79 Å². The average molecular weight is 564 g/mol. The maximum Gasteiger partial charge on any atom is 0.410 e. The van der Waals surface area contributed by atoms with Crippen LogP contribution in [0, 0.1) is 5.92 Å². The first-order chi connectivity index (χ1) is 14.7. The lowest BCUT2D eigenvalue weighted by atomic mass is 10.0. The van der Waals surface area contributed by atoms with E-state index in [0.717, 1.165) is 64.2 Å². The molecule has 8 nitrogen and oxygen atoms in total. The number of guanidine groups is 1. The van der Waals surface area contributed by atoms with Crippen LogP contribution in [0.25, 0.3) is 0 Å². The van der Waals surface area contributed by atoms with Crippen molar-refractivity contribution in [3.63, 3.8) is 0 Å². The largest absolute Gasteiger partial charge is 0.444 e. The third kappa shape index (κ3) is 9.31. The SMILES string of the molecule is CN=C(NCCCC(=O)NC1CC1)N1CCC(N(CC2CC2)C(=O)OC(C)(C)C)CC1.I. The van der Waals surface area contributed by atoms with E-state index in [1.807, 2.05) is 25.7 Å². The molecule has 0 aromatic carbocycles. The molecule has 0 radical (unpaired) electrons. The molecule has 184 valence electrons. The summed E-state index contributed by atoms with van der Waals surface area (Å²) in [6, 6.07) is 0.644. The van der Waals surface area contributed by atoms with E-state index in [-0.39, 0.29) is 42.0 Å². The molecular weight excluding hydrogens is 521 g/mol. The summed E-state index contributed by atoms with van der Waals surface area (Å²) in [5.74, 6) is 1.67. The van der Waals surface area contributed by atoms with Crippen molar-refractivity contribution in [3.05, 3.63) is 0 Å². The zero-order valence-corrected chi connectivity index (χ0v) is 22.5. The number of carbonyl (C=O) groups is 2. The van der Waals surface area contributed by atoms with E-state index in [4.69, 9.17) is 4.74 Å². The molecule has 3 fully saturated rings. The van der Waals surface area contributed by atoms with Crippen LogP contribution in [0.2, 0.25) is 0 Å². The maximum atomic E-state index is 12.8. The highest BCUT2D eigenvalue weighted by Crippen LogP contribution is 2.32. The molecule has 0 spiro atoms. The number of hydrogen-bond acceptors (Lipinski definition) is 4. The van der Waals surface area contributed by atoms with Crippen molar-refractivity contribution in [3.8, 4) is 0 Å². The van der Waals surface area contributed by atoms with Crippen molar-refractivity contribution in [2.75, 3.05) is 33.2 Å². The van der Waals surface area contributed by atoms with Gasteiger partial charge in [0.15, 0.2) is 5.96 Å². The second-order valence-corrected chi connectivity index (χ2v) is 10.2. The van der Waals surface area contributed by atoms with E-state index >= 15 is 0 Å². The van der Waals surface area contributed by atoms with E-state index in [2.05, 4.69) is 20.5 Å². The Morgan fingerprint density at radius 2 is 1.75 bits per heavy atom. The fourth-order valence-corrected chi connectivity index (χ4v) is 3.97. The number of hydrogen-bond donors (Lipinski definition) is 2. The number of piperidine rings is 1. The fraction of sp³-hybridized carbons (Fsp3) is 0.870. The van der Waals surface area contributed by atoms with Gasteiger partial charge in [-0.1, -0.05) is 0 Å². The summed E-state index contributed by atoms with van der Waals surface area (Å²) in [5.41, 5.74) is -0.471. The van der Waals surface area contributed by atoms with Gasteiger partial charge in [0, 0.05) is 51.7 Å². The minimum absolute atomic E-state index is 0. The standard InChI is InChI=1S/C23H41N5O3.HI/c1-23(2,3)31-22(30)28(16-17-7-8-17)19-11-14-27(15-12-19)21(24-4)25-13-5-6-20(29)26-18-9-10-18;/h17-19H,5-16H2,1-4H3,(H,24,25)(H,26,29);1H. The highest BCUT2D eigenvalue weighted by atomic mass is 127. The number of amides is 2. The Balaban J connectivity index is 0.00000363. The molecule has 0 atom stereocenters. The van der Waals surface area contributed by atoms with Crippen molar-refractivity contribution in [2.45, 2.75) is 89.8 Å². The minimum atomic E-state index is -0.471. The van der Waals surface area contributed by atoms with Crippen LogP contribution in [0.1, 0.15) is 72.1 Å². The van der Waals surface area contributed by atoms with Crippen molar-refractivity contribution < 1.29 is 14.3 Å². The number of ether oxygens (including phenoxy) is 1. The van der Waals surface area contributed by atoms with Crippen LogP contribution >= 0.6 is 24.0 Å². The molecule has 0 aromatic heterocycles. The van der Waals surface area contributed by atoms with Gasteiger partial charge < -0.3 is 25.2 Å². The van der Waals surface area contributed by atoms with Gasteiger partial charge in [-0.25, -0.2) is 4.79 Å². The van der Waals surface area contributed by atoms with E-state index in [0.29, 0.717) is 18.4 Å². The first kappa shape index (κ1) is 27.0. The van der Waals surface area contributed by atoms with Crippen LogP contribution in [0.4, 0.5) is 4.79 Å². The van der Waals surface area contributed by atoms with Gasteiger partial charge in [-0.05, 0) is 71.6 Å². The molecule has 2 N–H and O–H groups in total. The van der Waals surface area contributed by atoms with E-state index in [9.17, 15) is 9.59 Å². The van der Waals surface area contributed by atoms with Gasteiger partial charge in [0.25, 0.3) is 0 Å². The van der Waals surface area contributed by atoms with Gasteiger partial charge in [-0.15, -0.1) is 24.0 Å². The normalized spacial score (nSPS) is 19.8. The predicted molar refractivity (Wildman–Crippen MR) is 137 cm³/mol. The molecule has 2 saturated carbocycles. The molecule has 1 saturated heterocycles. The highest BCUT2D eigenvalue weighted by Gasteiger charge is 2.35. The lowest BCUT2D eigenvalue weighted by molar-refractivity contribution is -0.121. The number of halogens is 1. The number of rotatable bonds is 8. The van der Waals surface area contributed by atoms with Gasteiger partial charge in [0.1, 0.15) is 5.60 Å². The number of carbonyl (C=O) groups excluding carboxylic acids is 2. The number of likely N-dealkylation sites (tertiary alicyclic amines) is 1. The van der Waals surface area contributed by atoms with Crippen molar-refractivity contribution in [1.82, 2.24) is 20.4 Å². The summed E-state index contributed by atoms with van der Waals surface area (Å²) in [7, 11) is 1.80. The molecule has 2 amide bonds. The molecule has 9 heteroatoms. The Morgan fingerprint density at radius 1 is 1.09 bits per heavy atom.